The molecule has 0 saturated heterocycles. The van der Waals surface area contributed by atoms with Crippen LogP contribution in [-0.2, 0) is 5.21 Å². The fourth-order valence-electron chi connectivity index (χ4n) is 0.950. The number of hydrogen-bond donors (Lipinski definition) is 0. The second-order valence-electron chi connectivity index (χ2n) is 3.01. The van der Waals surface area contributed by atoms with Gasteiger partial charge in [0.05, 0.1) is 22.8 Å². The lowest BCUT2D eigenvalue weighted by molar-refractivity contribution is 0.414. The van der Waals surface area contributed by atoms with Crippen molar-refractivity contribution in [2.24, 2.45) is 0 Å². The van der Waals surface area contributed by atoms with E-state index >= 15 is 0 Å². The maximum atomic E-state index is 5.69. The Morgan fingerprint density at radius 1 is 1.17 bits per heavy atom. The molecule has 1 aromatic carbocycles. The van der Waals surface area contributed by atoms with Gasteiger partial charge in [0.25, 0.3) is 0 Å². The van der Waals surface area contributed by atoms with Crippen molar-refractivity contribution in [3.05, 3.63) is 29.8 Å². The van der Waals surface area contributed by atoms with E-state index in [0.29, 0.717) is 0 Å². The molecule has 12 heavy (non-hydrogen) atoms. The molecule has 1 rings (SSSR count). The van der Waals surface area contributed by atoms with Crippen molar-refractivity contribution in [2.45, 2.75) is 12.1 Å². The maximum Gasteiger partial charge on any atom is 0.118 e. The van der Waals surface area contributed by atoms with Gasteiger partial charge in [-0.3, -0.25) is 0 Å². The van der Waals surface area contributed by atoms with Crippen LogP contribution >= 0.6 is 0 Å². The predicted molar refractivity (Wildman–Crippen MR) is 51.9 cm³/mol. The second kappa shape index (κ2) is 3.26. The fourth-order valence-corrected chi connectivity index (χ4v) is 0.950. The Bertz CT molecular complexity index is 248. The van der Waals surface area contributed by atoms with Gasteiger partial charge in [0.1, 0.15) is 5.75 Å². The topological polar surface area (TPSA) is 9.23 Å². The highest BCUT2D eigenvalue weighted by molar-refractivity contribution is 6.39. The summed E-state index contributed by atoms with van der Waals surface area (Å²) in [7, 11) is 13.0. The molecule has 0 aliphatic carbocycles. The van der Waals surface area contributed by atoms with Crippen LogP contribution in [0.3, 0.4) is 0 Å². The van der Waals surface area contributed by atoms with Gasteiger partial charge in [-0.15, -0.1) is 0 Å². The minimum atomic E-state index is -0.772. The zero-order valence-electron chi connectivity index (χ0n) is 7.37. The zero-order chi connectivity index (χ0) is 9.19. The molecule has 0 aliphatic heterocycles. The summed E-state index contributed by atoms with van der Waals surface area (Å²) >= 11 is 0. The van der Waals surface area contributed by atoms with Crippen molar-refractivity contribution in [3.8, 4) is 5.75 Å². The van der Waals surface area contributed by atoms with Gasteiger partial charge >= 0.3 is 0 Å². The van der Waals surface area contributed by atoms with Crippen LogP contribution < -0.4 is 4.74 Å². The third kappa shape index (κ3) is 2.07. The van der Waals surface area contributed by atoms with Crippen LogP contribution in [0.1, 0.15) is 12.5 Å². The van der Waals surface area contributed by atoms with E-state index < -0.39 is 5.21 Å². The van der Waals surface area contributed by atoms with E-state index in [-0.39, 0.29) is 0 Å². The van der Waals surface area contributed by atoms with Crippen molar-refractivity contribution in [1.29, 1.82) is 0 Å². The van der Waals surface area contributed by atoms with E-state index in [1.54, 1.807) is 14.0 Å². The van der Waals surface area contributed by atoms with E-state index in [1.165, 1.54) is 0 Å². The molecule has 0 spiro atoms. The van der Waals surface area contributed by atoms with Gasteiger partial charge in [0, 0.05) is 0 Å². The molecular weight excluding hydrogens is 146 g/mol. The first kappa shape index (κ1) is 9.24. The molecule has 1 aromatic rings. The average molecular weight is 156 g/mol. The molecule has 0 unspecified atom stereocenters. The number of ether oxygens (including phenoxy) is 1. The normalized spacial score (nSPS) is 11.2. The molecule has 0 saturated carbocycles. The van der Waals surface area contributed by atoms with Crippen LogP contribution in [0.5, 0.6) is 5.75 Å². The third-order valence-corrected chi connectivity index (χ3v) is 1.71. The van der Waals surface area contributed by atoms with E-state index in [1.807, 2.05) is 24.3 Å². The van der Waals surface area contributed by atoms with Gasteiger partial charge in [-0.25, -0.2) is 0 Å². The molecule has 0 amide bonds. The smallest absolute Gasteiger partial charge is 0.118 e. The second-order valence-corrected chi connectivity index (χ2v) is 3.01. The van der Waals surface area contributed by atoms with Gasteiger partial charge in [-0.1, -0.05) is 29.8 Å². The zero-order valence-corrected chi connectivity index (χ0v) is 7.37. The predicted octanol–water partition coefficient (Wildman–Crippen LogP) is 1.20. The van der Waals surface area contributed by atoms with Crippen LogP contribution in [-0.4, -0.2) is 22.8 Å². The first-order valence-electron chi connectivity index (χ1n) is 3.76. The SMILES string of the molecule is [B]C([B])(C)c1ccc(OC)cc1. The van der Waals surface area contributed by atoms with Crippen LogP contribution in [0.15, 0.2) is 24.3 Å². The molecule has 0 aliphatic rings. The third-order valence-electron chi connectivity index (χ3n) is 1.71. The molecule has 58 valence electrons. The molecule has 0 bridgehead atoms. The Labute approximate surface area is 75.9 Å². The molecule has 1 nitrogen and oxygen atoms in total. The maximum absolute atomic E-state index is 5.69. The number of methoxy groups -OCH3 is 1. The number of rotatable bonds is 2. The van der Waals surface area contributed by atoms with Crippen LogP contribution in [0.2, 0.25) is 0 Å². The molecule has 4 radical (unpaired) electrons. The van der Waals surface area contributed by atoms with Crippen LogP contribution in [0.4, 0.5) is 0 Å². The molecule has 0 heterocycles. The van der Waals surface area contributed by atoms with Crippen LogP contribution in [0, 0.1) is 0 Å². The molecule has 3 heteroatoms. The molecule has 0 fully saturated rings. The monoisotopic (exact) mass is 156 g/mol. The van der Waals surface area contributed by atoms with Gasteiger partial charge in [-0.05, 0) is 12.1 Å². The molecule has 0 atom stereocenters. The Morgan fingerprint density at radius 3 is 2.00 bits per heavy atom. The highest BCUT2D eigenvalue weighted by Crippen LogP contribution is 2.19. The minimum absolute atomic E-state index is 0.772. The van der Waals surface area contributed by atoms with Crippen molar-refractivity contribution in [3.63, 3.8) is 0 Å². The summed E-state index contributed by atoms with van der Waals surface area (Å²) in [6, 6.07) is 7.40. The summed E-state index contributed by atoms with van der Waals surface area (Å²) in [6.07, 6.45) is 0. The quantitative estimate of drug-likeness (QED) is 0.584. The van der Waals surface area contributed by atoms with E-state index in [9.17, 15) is 0 Å². The van der Waals surface area contributed by atoms with E-state index in [2.05, 4.69) is 0 Å². The Morgan fingerprint density at radius 2 is 1.67 bits per heavy atom. The van der Waals surface area contributed by atoms with E-state index in [4.69, 9.17) is 20.4 Å². The summed E-state index contributed by atoms with van der Waals surface area (Å²) in [4.78, 5) is 0. The first-order chi connectivity index (χ1) is 5.54. The summed E-state index contributed by atoms with van der Waals surface area (Å²) < 4.78 is 5.00. The summed E-state index contributed by atoms with van der Waals surface area (Å²) in [5, 5.41) is -0.772. The largest absolute Gasteiger partial charge is 0.497 e. The molecule has 0 aromatic heterocycles. The average Bonchev–Trinajstić information content (AvgIpc) is 2.03. The first-order valence-corrected chi connectivity index (χ1v) is 3.76. The van der Waals surface area contributed by atoms with Crippen molar-refractivity contribution in [1.82, 2.24) is 0 Å². The van der Waals surface area contributed by atoms with Crippen molar-refractivity contribution >= 4 is 15.7 Å². The van der Waals surface area contributed by atoms with E-state index in [0.717, 1.165) is 11.3 Å². The van der Waals surface area contributed by atoms with Gasteiger partial charge in [0.15, 0.2) is 0 Å². The molecule has 0 N–H and O–H groups in total. The lowest BCUT2D eigenvalue weighted by Crippen LogP contribution is -2.21. The van der Waals surface area contributed by atoms with Gasteiger partial charge in [-0.2, -0.15) is 0 Å². The number of hydrogen-bond acceptors (Lipinski definition) is 1. The Hall–Kier alpha value is -0.850. The number of benzene rings is 1. The highest BCUT2D eigenvalue weighted by atomic mass is 16.5. The Kier molecular flexibility index (Phi) is 2.51. The van der Waals surface area contributed by atoms with Gasteiger partial charge in [0.2, 0.25) is 0 Å². The Balaban J connectivity index is 2.93. The van der Waals surface area contributed by atoms with Gasteiger partial charge < -0.3 is 4.74 Å². The summed E-state index contributed by atoms with van der Waals surface area (Å²) in [5.41, 5.74) is 0.892. The lowest BCUT2D eigenvalue weighted by atomic mass is 9.52. The summed E-state index contributed by atoms with van der Waals surface area (Å²) in [5.74, 6) is 0.808. The highest BCUT2D eigenvalue weighted by Gasteiger charge is 2.11. The lowest BCUT2D eigenvalue weighted by Gasteiger charge is -2.19. The minimum Gasteiger partial charge on any atom is -0.497 e. The van der Waals surface area contributed by atoms with Crippen molar-refractivity contribution < 1.29 is 4.74 Å². The van der Waals surface area contributed by atoms with Crippen LogP contribution in [0.25, 0.3) is 0 Å². The van der Waals surface area contributed by atoms with Crippen molar-refractivity contribution in [2.75, 3.05) is 7.11 Å². The standard InChI is InChI=1S/C9H10B2O/c1-9(10,11)7-3-5-8(12-2)6-4-7/h3-6H,1-2H3. The fraction of sp³-hybridized carbons (Fsp3) is 0.333. The molecular formula is C9H10B2O. The summed E-state index contributed by atoms with van der Waals surface area (Å²) in [6.45, 7) is 1.76.